The minimum absolute atomic E-state index is 0.00590. The molecule has 0 aliphatic heterocycles. The molecule has 0 radical (unpaired) electrons. The molecule has 10 heteroatoms. The topological polar surface area (TPSA) is 123 Å². The van der Waals surface area contributed by atoms with Crippen LogP contribution in [0, 0.1) is 10.1 Å². The van der Waals surface area contributed by atoms with E-state index < -0.39 is 4.92 Å². The van der Waals surface area contributed by atoms with Crippen molar-refractivity contribution in [2.24, 2.45) is 0 Å². The molecule has 10 nitrogen and oxygen atoms in total. The monoisotopic (exact) mass is 809 g/mol. The number of carbonyl (C=O) groups is 2. The lowest BCUT2D eigenvalue weighted by atomic mass is 10.0. The van der Waals surface area contributed by atoms with Gasteiger partial charge in [0.05, 0.1) is 11.5 Å². The largest absolute Gasteiger partial charge is 0.466 e. The number of rotatable bonds is 45. The van der Waals surface area contributed by atoms with Gasteiger partial charge in [-0.15, -0.1) is 0 Å². The fourth-order valence-electron chi connectivity index (χ4n) is 7.39. The van der Waals surface area contributed by atoms with Crippen LogP contribution in [0.25, 0.3) is 0 Å². The Morgan fingerprint density at radius 1 is 0.579 bits per heavy atom. The van der Waals surface area contributed by atoms with Crippen LogP contribution in [0.1, 0.15) is 233 Å². The maximum atomic E-state index is 12.8. The lowest BCUT2D eigenvalue weighted by molar-refractivity contribution is -0.404. The van der Waals surface area contributed by atoms with Crippen molar-refractivity contribution < 1.29 is 24.0 Å². The first kappa shape index (κ1) is 54.6. The Bertz CT molecular complexity index is 949. The highest BCUT2D eigenvalue weighted by Crippen LogP contribution is 2.18. The summed E-state index contributed by atoms with van der Waals surface area (Å²) in [4.78, 5) is 37.8. The van der Waals surface area contributed by atoms with Crippen LogP contribution < -0.4 is 10.6 Å². The molecule has 0 aromatic heterocycles. The summed E-state index contributed by atoms with van der Waals surface area (Å²) in [5.74, 6) is 0.376. The molecule has 57 heavy (non-hydrogen) atoms. The number of nitrogens with one attached hydrogen (secondary N) is 2. The summed E-state index contributed by atoms with van der Waals surface area (Å²) in [5.41, 5.74) is 0. The van der Waals surface area contributed by atoms with E-state index >= 15 is 0 Å². The zero-order chi connectivity index (χ0) is 41.9. The van der Waals surface area contributed by atoms with Gasteiger partial charge >= 0.3 is 11.9 Å². The van der Waals surface area contributed by atoms with E-state index in [2.05, 4.69) is 36.3 Å². The van der Waals surface area contributed by atoms with Gasteiger partial charge in [-0.3, -0.25) is 19.7 Å². The number of nitrogens with zero attached hydrogens (tertiary/aromatic N) is 2. The first-order valence-corrected chi connectivity index (χ1v) is 24.2. The van der Waals surface area contributed by atoms with Crippen LogP contribution in [-0.4, -0.2) is 67.7 Å². The molecule has 2 N–H and O–H groups in total. The van der Waals surface area contributed by atoms with Crippen molar-refractivity contribution in [2.45, 2.75) is 239 Å². The van der Waals surface area contributed by atoms with Crippen molar-refractivity contribution >= 4 is 11.9 Å². The summed E-state index contributed by atoms with van der Waals surface area (Å²) >= 11 is 0. The molecule has 0 aliphatic rings. The van der Waals surface area contributed by atoms with E-state index in [4.69, 9.17) is 9.47 Å². The molecular formula is C47H92N4O6. The van der Waals surface area contributed by atoms with E-state index in [1.165, 1.54) is 89.9 Å². The van der Waals surface area contributed by atoms with Gasteiger partial charge in [0.25, 0.3) is 6.20 Å². The van der Waals surface area contributed by atoms with Crippen molar-refractivity contribution in [1.29, 1.82) is 0 Å². The van der Waals surface area contributed by atoms with E-state index in [1.807, 2.05) is 0 Å². The van der Waals surface area contributed by atoms with Gasteiger partial charge < -0.3 is 25.0 Å². The van der Waals surface area contributed by atoms with E-state index in [0.717, 1.165) is 135 Å². The third-order valence-corrected chi connectivity index (χ3v) is 11.0. The van der Waals surface area contributed by atoms with Gasteiger partial charge in [-0.2, -0.15) is 0 Å². The summed E-state index contributed by atoms with van der Waals surface area (Å²) in [7, 11) is 1.68. The molecule has 0 aromatic rings. The second-order valence-corrected chi connectivity index (χ2v) is 16.4. The van der Waals surface area contributed by atoms with Crippen molar-refractivity contribution in [3.63, 3.8) is 0 Å². The minimum atomic E-state index is -0.445. The zero-order valence-corrected chi connectivity index (χ0v) is 37.9. The van der Waals surface area contributed by atoms with E-state index in [-0.39, 0.29) is 18.0 Å². The van der Waals surface area contributed by atoms with Crippen LogP contribution >= 0.6 is 0 Å². The molecular weight excluding hydrogens is 717 g/mol. The molecule has 0 bridgehead atoms. The Morgan fingerprint density at radius 3 is 1.49 bits per heavy atom. The number of nitro groups is 1. The molecule has 0 heterocycles. The molecule has 1 atom stereocenters. The van der Waals surface area contributed by atoms with Crippen LogP contribution in [0.15, 0.2) is 12.0 Å². The number of hydrogen-bond acceptors (Lipinski definition) is 9. The molecule has 1 unspecified atom stereocenters. The molecule has 0 saturated carbocycles. The summed E-state index contributed by atoms with van der Waals surface area (Å²) < 4.78 is 11.5. The quantitative estimate of drug-likeness (QED) is 0.0268. The van der Waals surface area contributed by atoms with Crippen molar-refractivity contribution in [3.05, 3.63) is 22.1 Å². The van der Waals surface area contributed by atoms with E-state index in [1.54, 1.807) is 7.05 Å². The average Bonchev–Trinajstić information content (AvgIpc) is 3.19. The SMILES string of the molecule is CCCCCCCCCC(=O)OCCCCCCCN(CCCCCCCC(=O)OC(CCCCCCC)CCCCCCCC)CCCN/C(=C/[N+](=O)[O-])NC. The number of esters is 2. The highest BCUT2D eigenvalue weighted by molar-refractivity contribution is 5.69. The van der Waals surface area contributed by atoms with Gasteiger partial charge in [0.15, 0.2) is 5.82 Å². The Hall–Kier alpha value is -2.36. The van der Waals surface area contributed by atoms with E-state index in [0.29, 0.717) is 31.8 Å². The normalized spacial score (nSPS) is 12.2. The molecule has 0 saturated heterocycles. The van der Waals surface area contributed by atoms with Crippen molar-refractivity contribution in [3.8, 4) is 0 Å². The lowest BCUT2D eigenvalue weighted by Gasteiger charge is -2.22. The Morgan fingerprint density at radius 2 is 1.00 bits per heavy atom. The minimum Gasteiger partial charge on any atom is -0.466 e. The van der Waals surface area contributed by atoms with Gasteiger partial charge in [0.1, 0.15) is 6.10 Å². The summed E-state index contributed by atoms with van der Waals surface area (Å²) in [6, 6.07) is 0. The predicted molar refractivity (Wildman–Crippen MR) is 239 cm³/mol. The average molecular weight is 809 g/mol. The molecule has 0 aromatic carbocycles. The Labute approximate surface area is 351 Å². The lowest BCUT2D eigenvalue weighted by Crippen LogP contribution is -2.31. The summed E-state index contributed by atoms with van der Waals surface area (Å²) in [6.07, 6.45) is 38.2. The van der Waals surface area contributed by atoms with Crippen LogP contribution in [0.5, 0.6) is 0 Å². The van der Waals surface area contributed by atoms with E-state index in [9.17, 15) is 19.7 Å². The number of unbranched alkanes of at least 4 members (excludes halogenated alkanes) is 23. The van der Waals surface area contributed by atoms with Crippen LogP contribution in [0.4, 0.5) is 0 Å². The summed E-state index contributed by atoms with van der Waals surface area (Å²) in [5, 5.41) is 16.9. The summed E-state index contributed by atoms with van der Waals surface area (Å²) in [6.45, 7) is 11.0. The van der Waals surface area contributed by atoms with Crippen LogP contribution in [-0.2, 0) is 19.1 Å². The zero-order valence-electron chi connectivity index (χ0n) is 37.9. The second-order valence-electron chi connectivity index (χ2n) is 16.4. The third kappa shape index (κ3) is 40.2. The fraction of sp³-hybridized carbons (Fsp3) is 0.915. The number of hydrogen-bond donors (Lipinski definition) is 2. The standard InChI is InChI=1S/C47H92N4O6/c1-5-8-11-14-16-21-28-36-46(52)56-42-32-25-18-24-31-40-50(41-33-38-49-45(48-4)43-51(54)55)39-30-23-17-22-29-37-47(53)57-44(34-26-19-13-10-7-3)35-27-20-15-12-9-6-2/h43-44,48-49H,5-42H2,1-4H3/b45-43+. The van der Waals surface area contributed by atoms with Crippen molar-refractivity contribution in [1.82, 2.24) is 15.5 Å². The fourth-order valence-corrected chi connectivity index (χ4v) is 7.39. The number of carbonyl (C=O) groups excluding carboxylic acids is 2. The third-order valence-electron chi connectivity index (χ3n) is 11.0. The van der Waals surface area contributed by atoms with Gasteiger partial charge in [-0.05, 0) is 83.8 Å². The molecule has 0 fully saturated rings. The number of ether oxygens (including phenoxy) is 2. The molecule has 0 rings (SSSR count). The van der Waals surface area contributed by atoms with Crippen LogP contribution in [0.3, 0.4) is 0 Å². The second kappa shape index (κ2) is 43.2. The van der Waals surface area contributed by atoms with Crippen molar-refractivity contribution in [2.75, 3.05) is 39.8 Å². The molecule has 0 aliphatic carbocycles. The maximum absolute atomic E-state index is 12.8. The maximum Gasteiger partial charge on any atom is 0.306 e. The molecule has 0 spiro atoms. The van der Waals surface area contributed by atoms with Gasteiger partial charge in [-0.25, -0.2) is 0 Å². The Balaban J connectivity index is 4.45. The first-order chi connectivity index (χ1) is 27.9. The highest BCUT2D eigenvalue weighted by atomic mass is 16.6. The van der Waals surface area contributed by atoms with Crippen LogP contribution in [0.2, 0.25) is 0 Å². The highest BCUT2D eigenvalue weighted by Gasteiger charge is 2.14. The molecule has 0 amide bonds. The van der Waals surface area contributed by atoms with Gasteiger partial charge in [-0.1, -0.05) is 156 Å². The Kier molecular flexibility index (Phi) is 41.4. The van der Waals surface area contributed by atoms with Gasteiger partial charge in [0.2, 0.25) is 0 Å². The predicted octanol–water partition coefficient (Wildman–Crippen LogP) is 12.6. The smallest absolute Gasteiger partial charge is 0.306 e. The molecule has 336 valence electrons. The van der Waals surface area contributed by atoms with Gasteiger partial charge in [0, 0.05) is 26.4 Å². The first-order valence-electron chi connectivity index (χ1n) is 24.2.